The van der Waals surface area contributed by atoms with E-state index in [-0.39, 0.29) is 9.96 Å². The smallest absolute Gasteiger partial charge is 0.199 e. The first-order valence-corrected chi connectivity index (χ1v) is 5.50. The Hall–Kier alpha value is -1.17. The summed E-state index contributed by atoms with van der Waals surface area (Å²) in [5, 5.41) is 11.7. The van der Waals surface area contributed by atoms with Crippen molar-refractivity contribution in [3.8, 4) is 0 Å². The molecule has 5 heteroatoms. The standard InChI is InChI=1S/C9H11NO3S/c1-3-14(12,13)9-6-4-8(5-7-9)10(2)11/h3-7,10H,1H2,2H3. The van der Waals surface area contributed by atoms with Crippen LogP contribution in [0, 0.1) is 5.21 Å². The van der Waals surface area contributed by atoms with Crippen LogP contribution in [0.3, 0.4) is 0 Å². The highest BCUT2D eigenvalue weighted by atomic mass is 32.2. The van der Waals surface area contributed by atoms with Gasteiger partial charge in [0.15, 0.2) is 9.84 Å². The summed E-state index contributed by atoms with van der Waals surface area (Å²) in [4.78, 5) is 0.150. The van der Waals surface area contributed by atoms with Crippen LogP contribution in [0.2, 0.25) is 0 Å². The quantitative estimate of drug-likeness (QED) is 0.732. The van der Waals surface area contributed by atoms with Crippen LogP contribution < -0.4 is 5.06 Å². The Morgan fingerprint density at radius 1 is 1.36 bits per heavy atom. The van der Waals surface area contributed by atoms with Crippen molar-refractivity contribution in [1.29, 1.82) is 0 Å². The Morgan fingerprint density at radius 3 is 2.21 bits per heavy atom. The van der Waals surface area contributed by atoms with Crippen LogP contribution in [0.5, 0.6) is 0 Å². The van der Waals surface area contributed by atoms with E-state index in [4.69, 9.17) is 0 Å². The third-order valence-electron chi connectivity index (χ3n) is 1.81. The second kappa shape index (κ2) is 3.91. The number of hydrogen-bond donors (Lipinski definition) is 1. The Bertz CT molecular complexity index is 420. The van der Waals surface area contributed by atoms with Gasteiger partial charge in [0.2, 0.25) is 0 Å². The normalized spacial score (nSPS) is 13.6. The van der Waals surface area contributed by atoms with Gasteiger partial charge in [0, 0.05) is 17.5 Å². The monoisotopic (exact) mass is 213 g/mol. The number of quaternary nitrogens is 1. The van der Waals surface area contributed by atoms with Gasteiger partial charge < -0.3 is 10.3 Å². The molecule has 0 amide bonds. The molecule has 76 valence electrons. The van der Waals surface area contributed by atoms with Crippen LogP contribution in [0.1, 0.15) is 0 Å². The fourth-order valence-electron chi connectivity index (χ4n) is 0.976. The zero-order valence-corrected chi connectivity index (χ0v) is 8.54. The molecule has 0 aliphatic carbocycles. The molecular weight excluding hydrogens is 202 g/mol. The molecule has 14 heavy (non-hydrogen) atoms. The average molecular weight is 213 g/mol. The van der Waals surface area contributed by atoms with Crippen molar-refractivity contribution in [1.82, 2.24) is 0 Å². The first kappa shape index (κ1) is 10.9. The maximum atomic E-state index is 11.3. The lowest BCUT2D eigenvalue weighted by atomic mass is 10.3. The van der Waals surface area contributed by atoms with E-state index in [1.165, 1.54) is 31.3 Å². The lowest BCUT2D eigenvalue weighted by Gasteiger charge is -2.15. The topological polar surface area (TPSA) is 61.6 Å². The maximum absolute atomic E-state index is 11.3. The molecule has 1 N–H and O–H groups in total. The van der Waals surface area contributed by atoms with Crippen LogP contribution in [0.15, 0.2) is 41.1 Å². The molecule has 0 saturated heterocycles. The first-order valence-electron chi connectivity index (χ1n) is 3.96. The van der Waals surface area contributed by atoms with E-state index < -0.39 is 9.84 Å². The fraction of sp³-hybridized carbons (Fsp3) is 0.111. The lowest BCUT2D eigenvalue weighted by molar-refractivity contribution is -0.751. The molecule has 0 heterocycles. The Balaban J connectivity index is 3.12. The zero-order valence-electron chi connectivity index (χ0n) is 7.73. The predicted molar refractivity (Wildman–Crippen MR) is 53.7 cm³/mol. The van der Waals surface area contributed by atoms with E-state index >= 15 is 0 Å². The van der Waals surface area contributed by atoms with Gasteiger partial charge in [-0.15, -0.1) is 0 Å². The summed E-state index contributed by atoms with van der Waals surface area (Å²) in [5.74, 6) is 0. The summed E-state index contributed by atoms with van der Waals surface area (Å²) in [7, 11) is -1.96. The number of sulfone groups is 1. The Labute approximate surface area is 83.0 Å². The van der Waals surface area contributed by atoms with Gasteiger partial charge in [0.25, 0.3) is 0 Å². The summed E-state index contributed by atoms with van der Waals surface area (Å²) in [6.45, 7) is 3.21. The summed E-state index contributed by atoms with van der Waals surface area (Å²) >= 11 is 0. The summed E-state index contributed by atoms with van der Waals surface area (Å²) in [6.07, 6.45) is 0. The van der Waals surface area contributed by atoms with Gasteiger partial charge >= 0.3 is 0 Å². The molecule has 0 fully saturated rings. The number of hydroxylamine groups is 1. The van der Waals surface area contributed by atoms with Gasteiger partial charge in [-0.1, -0.05) is 6.58 Å². The molecule has 1 atom stereocenters. The van der Waals surface area contributed by atoms with Crippen molar-refractivity contribution in [2.75, 3.05) is 7.05 Å². The van der Waals surface area contributed by atoms with Gasteiger partial charge in [-0.3, -0.25) is 0 Å². The number of hydrogen-bond acceptors (Lipinski definition) is 3. The van der Waals surface area contributed by atoms with Crippen molar-refractivity contribution >= 4 is 15.5 Å². The highest BCUT2D eigenvalue weighted by Crippen LogP contribution is 2.13. The van der Waals surface area contributed by atoms with Gasteiger partial charge in [0.1, 0.15) is 5.69 Å². The molecule has 0 bridgehead atoms. The minimum Gasteiger partial charge on any atom is -0.629 e. The molecule has 0 spiro atoms. The van der Waals surface area contributed by atoms with Crippen LogP contribution in [-0.2, 0) is 9.84 Å². The van der Waals surface area contributed by atoms with Crippen LogP contribution in [0.25, 0.3) is 0 Å². The van der Waals surface area contributed by atoms with E-state index in [1.807, 2.05) is 0 Å². The molecule has 1 aromatic rings. The molecule has 0 aliphatic heterocycles. The number of benzene rings is 1. The highest BCUT2D eigenvalue weighted by Gasteiger charge is 2.09. The molecule has 0 saturated carbocycles. The number of rotatable bonds is 3. The first-order chi connectivity index (χ1) is 6.47. The van der Waals surface area contributed by atoms with E-state index in [2.05, 4.69) is 6.58 Å². The van der Waals surface area contributed by atoms with Gasteiger partial charge in [-0.05, 0) is 12.1 Å². The van der Waals surface area contributed by atoms with Crippen molar-refractivity contribution in [2.45, 2.75) is 4.90 Å². The molecule has 0 aliphatic rings. The van der Waals surface area contributed by atoms with E-state index in [1.54, 1.807) is 0 Å². The molecule has 4 nitrogen and oxygen atoms in total. The second-order valence-corrected chi connectivity index (χ2v) is 4.69. The van der Waals surface area contributed by atoms with Crippen LogP contribution in [-0.4, -0.2) is 15.5 Å². The largest absolute Gasteiger partial charge is 0.629 e. The second-order valence-electron chi connectivity index (χ2n) is 2.79. The van der Waals surface area contributed by atoms with Crippen molar-refractivity contribution in [3.05, 3.63) is 41.5 Å². The lowest BCUT2D eigenvalue weighted by Crippen LogP contribution is -2.98. The van der Waals surface area contributed by atoms with Crippen LogP contribution >= 0.6 is 0 Å². The molecule has 0 radical (unpaired) electrons. The van der Waals surface area contributed by atoms with Gasteiger partial charge in [-0.25, -0.2) is 8.42 Å². The van der Waals surface area contributed by atoms with E-state index in [0.29, 0.717) is 5.69 Å². The van der Waals surface area contributed by atoms with Gasteiger partial charge in [0.05, 0.1) is 11.9 Å². The Kier molecular flexibility index (Phi) is 3.05. The van der Waals surface area contributed by atoms with E-state index in [0.717, 1.165) is 5.41 Å². The van der Waals surface area contributed by atoms with Crippen molar-refractivity contribution < 1.29 is 13.5 Å². The molecular formula is C9H11NO3S. The third-order valence-corrected chi connectivity index (χ3v) is 3.18. The van der Waals surface area contributed by atoms with Gasteiger partial charge in [-0.2, -0.15) is 0 Å². The average Bonchev–Trinajstić information content (AvgIpc) is 2.18. The minimum absolute atomic E-state index is 0.0902. The Morgan fingerprint density at radius 2 is 1.86 bits per heavy atom. The predicted octanol–water partition coefficient (Wildman–Crippen LogP) is 0.248. The highest BCUT2D eigenvalue weighted by molar-refractivity contribution is 7.94. The van der Waals surface area contributed by atoms with Crippen molar-refractivity contribution in [3.63, 3.8) is 0 Å². The van der Waals surface area contributed by atoms with Crippen LogP contribution in [0.4, 0.5) is 5.69 Å². The van der Waals surface area contributed by atoms with Crippen molar-refractivity contribution in [2.24, 2.45) is 0 Å². The maximum Gasteiger partial charge on any atom is 0.199 e. The molecule has 1 rings (SSSR count). The zero-order chi connectivity index (χ0) is 10.8. The summed E-state index contributed by atoms with van der Waals surface area (Å²) in [6, 6.07) is 5.76. The minimum atomic E-state index is -3.39. The summed E-state index contributed by atoms with van der Waals surface area (Å²) < 4.78 is 22.6. The summed E-state index contributed by atoms with van der Waals surface area (Å²) in [5.41, 5.74) is 0.494. The molecule has 1 aromatic carbocycles. The number of nitrogens with one attached hydrogen (secondary N) is 1. The fourth-order valence-corrected chi connectivity index (χ4v) is 1.68. The third kappa shape index (κ3) is 2.20. The van der Waals surface area contributed by atoms with E-state index in [9.17, 15) is 13.6 Å². The molecule has 1 unspecified atom stereocenters. The molecule has 0 aromatic heterocycles. The SMILES string of the molecule is C=CS(=O)(=O)c1ccc([NH+](C)[O-])cc1.